The van der Waals surface area contributed by atoms with Gasteiger partial charge < -0.3 is 21.1 Å². The minimum absolute atomic E-state index is 0.101. The standard InChI is InChI=1S/C20H23NO5/c21-20(14-22,18(25)26)13-19(17(23)24,11-15-7-3-1-4-8-15)12-16-9-5-2-6-10-16/h1-10,22H,11-14,21H2,(H,23,24)(H,25,26). The Bertz CT molecular complexity index is 706. The van der Waals surface area contributed by atoms with Crippen LogP contribution in [0.2, 0.25) is 0 Å². The van der Waals surface area contributed by atoms with E-state index in [4.69, 9.17) is 5.73 Å². The molecule has 5 N–H and O–H groups in total. The first-order chi connectivity index (χ1) is 12.3. The van der Waals surface area contributed by atoms with Gasteiger partial charge in [-0.25, -0.2) is 0 Å². The maximum atomic E-state index is 12.3. The van der Waals surface area contributed by atoms with Crippen LogP contribution in [0.25, 0.3) is 0 Å². The SMILES string of the molecule is NC(CO)(CC(Cc1ccccc1)(Cc1ccccc1)C(=O)O)C(=O)O. The number of hydrogen-bond acceptors (Lipinski definition) is 4. The number of nitrogens with two attached hydrogens (primary N) is 1. The van der Waals surface area contributed by atoms with Crippen molar-refractivity contribution in [2.45, 2.75) is 24.8 Å². The van der Waals surface area contributed by atoms with E-state index in [0.29, 0.717) is 0 Å². The molecule has 0 saturated heterocycles. The summed E-state index contributed by atoms with van der Waals surface area (Å²) in [6, 6.07) is 18.0. The van der Waals surface area contributed by atoms with Gasteiger partial charge in [0.05, 0.1) is 12.0 Å². The third-order valence-corrected chi connectivity index (χ3v) is 4.59. The quantitative estimate of drug-likeness (QED) is 0.542. The molecule has 26 heavy (non-hydrogen) atoms. The van der Waals surface area contributed by atoms with Gasteiger partial charge >= 0.3 is 11.9 Å². The Morgan fingerprint density at radius 3 is 1.54 bits per heavy atom. The van der Waals surface area contributed by atoms with Crippen LogP contribution in [0, 0.1) is 5.41 Å². The van der Waals surface area contributed by atoms with E-state index >= 15 is 0 Å². The first-order valence-electron chi connectivity index (χ1n) is 8.26. The van der Waals surface area contributed by atoms with E-state index < -0.39 is 35.9 Å². The summed E-state index contributed by atoms with van der Waals surface area (Å²) in [6.45, 7) is -0.846. The molecule has 138 valence electrons. The van der Waals surface area contributed by atoms with Crippen molar-refractivity contribution in [2.24, 2.45) is 11.1 Å². The number of aliphatic hydroxyl groups excluding tert-OH is 1. The van der Waals surface area contributed by atoms with Crippen LogP contribution < -0.4 is 5.73 Å². The number of benzene rings is 2. The Labute approximate surface area is 151 Å². The molecule has 0 spiro atoms. The number of carboxylic acid groups (broad SMARTS) is 2. The lowest BCUT2D eigenvalue weighted by atomic mass is 9.69. The zero-order valence-electron chi connectivity index (χ0n) is 14.3. The summed E-state index contributed by atoms with van der Waals surface area (Å²) in [4.78, 5) is 23.9. The zero-order valence-corrected chi connectivity index (χ0v) is 14.3. The number of carboxylic acids is 2. The molecule has 0 aliphatic rings. The van der Waals surface area contributed by atoms with Crippen LogP contribution in [0.5, 0.6) is 0 Å². The molecule has 6 nitrogen and oxygen atoms in total. The number of aliphatic hydroxyl groups is 1. The van der Waals surface area contributed by atoms with Gasteiger partial charge in [-0.15, -0.1) is 0 Å². The van der Waals surface area contributed by atoms with Crippen LogP contribution in [-0.2, 0) is 22.4 Å². The number of aliphatic carboxylic acids is 2. The third kappa shape index (κ3) is 4.47. The first-order valence-corrected chi connectivity index (χ1v) is 8.26. The molecule has 0 saturated carbocycles. The highest BCUT2D eigenvalue weighted by atomic mass is 16.4. The molecule has 1 unspecified atom stereocenters. The van der Waals surface area contributed by atoms with Crippen LogP contribution in [0.15, 0.2) is 60.7 Å². The Kier molecular flexibility index (Phi) is 6.13. The second kappa shape index (κ2) is 8.12. The van der Waals surface area contributed by atoms with Gasteiger partial charge in [0, 0.05) is 0 Å². The molecule has 0 heterocycles. The van der Waals surface area contributed by atoms with Gasteiger partial charge in [-0.3, -0.25) is 9.59 Å². The molecule has 0 aliphatic heterocycles. The Balaban J connectivity index is 2.49. The number of rotatable bonds is 9. The summed E-state index contributed by atoms with van der Waals surface area (Å²) >= 11 is 0. The predicted molar refractivity (Wildman–Crippen MR) is 96.6 cm³/mol. The molecule has 0 fully saturated rings. The monoisotopic (exact) mass is 357 g/mol. The van der Waals surface area contributed by atoms with Gasteiger partial charge in [0.25, 0.3) is 0 Å². The normalized spacial score (nSPS) is 13.8. The molecule has 2 aromatic carbocycles. The lowest BCUT2D eigenvalue weighted by Crippen LogP contribution is -2.57. The zero-order chi connectivity index (χ0) is 19.2. The van der Waals surface area contributed by atoms with E-state index in [2.05, 4.69) is 0 Å². The summed E-state index contributed by atoms with van der Waals surface area (Å²) in [5.41, 5.74) is 3.87. The van der Waals surface area contributed by atoms with Crippen LogP contribution in [0.1, 0.15) is 17.5 Å². The molecule has 1 atom stereocenters. The maximum Gasteiger partial charge on any atom is 0.326 e. The van der Waals surface area contributed by atoms with Crippen molar-refractivity contribution in [2.75, 3.05) is 6.61 Å². The largest absolute Gasteiger partial charge is 0.481 e. The minimum atomic E-state index is -2.04. The Morgan fingerprint density at radius 2 is 1.23 bits per heavy atom. The van der Waals surface area contributed by atoms with Crippen LogP contribution in [-0.4, -0.2) is 39.4 Å². The van der Waals surface area contributed by atoms with E-state index in [-0.39, 0.29) is 12.8 Å². The molecule has 0 aromatic heterocycles. The molecule has 0 radical (unpaired) electrons. The van der Waals surface area contributed by atoms with Gasteiger partial charge in [0.2, 0.25) is 0 Å². The molecule has 0 aliphatic carbocycles. The summed E-state index contributed by atoms with van der Waals surface area (Å²) < 4.78 is 0. The lowest BCUT2D eigenvalue weighted by molar-refractivity contribution is -0.154. The number of carbonyl (C=O) groups is 2. The minimum Gasteiger partial charge on any atom is -0.481 e. The molecular formula is C20H23NO5. The lowest BCUT2D eigenvalue weighted by Gasteiger charge is -2.36. The van der Waals surface area contributed by atoms with Crippen molar-refractivity contribution in [1.29, 1.82) is 0 Å². The van der Waals surface area contributed by atoms with E-state index in [0.717, 1.165) is 11.1 Å². The van der Waals surface area contributed by atoms with Crippen molar-refractivity contribution >= 4 is 11.9 Å². The molecule has 0 amide bonds. The van der Waals surface area contributed by atoms with Gasteiger partial charge in [0.15, 0.2) is 0 Å². The highest BCUT2D eigenvalue weighted by Gasteiger charge is 2.48. The summed E-state index contributed by atoms with van der Waals surface area (Å²) in [5, 5.41) is 29.0. The molecular weight excluding hydrogens is 334 g/mol. The summed E-state index contributed by atoms with van der Waals surface area (Å²) in [6.07, 6.45) is -0.195. The van der Waals surface area contributed by atoms with Crippen LogP contribution in [0.4, 0.5) is 0 Å². The van der Waals surface area contributed by atoms with Crippen molar-refractivity contribution in [3.8, 4) is 0 Å². The van der Waals surface area contributed by atoms with Crippen molar-refractivity contribution in [3.63, 3.8) is 0 Å². The van der Waals surface area contributed by atoms with Gasteiger partial charge in [-0.1, -0.05) is 60.7 Å². The second-order valence-electron chi connectivity index (χ2n) is 6.71. The van der Waals surface area contributed by atoms with Crippen LogP contribution >= 0.6 is 0 Å². The van der Waals surface area contributed by atoms with Crippen molar-refractivity contribution in [1.82, 2.24) is 0 Å². The maximum absolute atomic E-state index is 12.3. The molecule has 2 rings (SSSR count). The fraction of sp³-hybridized carbons (Fsp3) is 0.300. The second-order valence-corrected chi connectivity index (χ2v) is 6.71. The fourth-order valence-corrected chi connectivity index (χ4v) is 3.19. The molecule has 0 bridgehead atoms. The Morgan fingerprint density at radius 1 is 0.808 bits per heavy atom. The highest BCUT2D eigenvalue weighted by molar-refractivity contribution is 5.82. The fourth-order valence-electron chi connectivity index (χ4n) is 3.19. The molecule has 6 heteroatoms. The topological polar surface area (TPSA) is 121 Å². The summed E-state index contributed by atoms with van der Waals surface area (Å²) in [5.74, 6) is -2.57. The van der Waals surface area contributed by atoms with E-state index in [1.54, 1.807) is 48.5 Å². The Hall–Kier alpha value is -2.70. The van der Waals surface area contributed by atoms with Crippen molar-refractivity contribution < 1.29 is 24.9 Å². The van der Waals surface area contributed by atoms with Crippen LogP contribution in [0.3, 0.4) is 0 Å². The van der Waals surface area contributed by atoms with E-state index in [9.17, 15) is 24.9 Å². The van der Waals surface area contributed by atoms with Gasteiger partial charge in [-0.05, 0) is 30.4 Å². The van der Waals surface area contributed by atoms with E-state index in [1.165, 1.54) is 0 Å². The van der Waals surface area contributed by atoms with Gasteiger partial charge in [0.1, 0.15) is 5.54 Å². The average Bonchev–Trinajstić information content (AvgIpc) is 2.63. The van der Waals surface area contributed by atoms with E-state index in [1.807, 2.05) is 12.1 Å². The number of hydrogen-bond donors (Lipinski definition) is 4. The average molecular weight is 357 g/mol. The smallest absolute Gasteiger partial charge is 0.326 e. The van der Waals surface area contributed by atoms with Gasteiger partial charge in [-0.2, -0.15) is 0 Å². The van der Waals surface area contributed by atoms with Crippen molar-refractivity contribution in [3.05, 3.63) is 71.8 Å². The predicted octanol–water partition coefficient (Wildman–Crippen LogP) is 1.71. The molecule has 2 aromatic rings. The first kappa shape index (κ1) is 19.6. The highest BCUT2D eigenvalue weighted by Crippen LogP contribution is 2.36. The summed E-state index contributed by atoms with van der Waals surface area (Å²) in [7, 11) is 0. The third-order valence-electron chi connectivity index (χ3n) is 4.59.